The van der Waals surface area contributed by atoms with Gasteiger partial charge in [-0.25, -0.2) is 13.2 Å². The molecular formula is C20H30F3N3O8SSi. The van der Waals surface area contributed by atoms with E-state index in [9.17, 15) is 36.3 Å². The Morgan fingerprint density at radius 3 is 2.31 bits per heavy atom. The summed E-state index contributed by atoms with van der Waals surface area (Å²) in [4.78, 5) is 30.9. The molecular weight excluding hydrogens is 527 g/mol. The van der Waals surface area contributed by atoms with Crippen molar-refractivity contribution in [2.75, 3.05) is 17.3 Å². The van der Waals surface area contributed by atoms with Crippen LogP contribution in [-0.2, 0) is 28.2 Å². The summed E-state index contributed by atoms with van der Waals surface area (Å²) >= 11 is 0. The van der Waals surface area contributed by atoms with Gasteiger partial charge >= 0.3 is 19.8 Å². The number of nitrogens with zero attached hydrogens (tertiary/aromatic N) is 2. The number of amides is 1. The first-order valence-electron chi connectivity index (χ1n) is 11.0. The second-order valence-electron chi connectivity index (χ2n) is 10.8. The number of rotatable bonds is 4. The van der Waals surface area contributed by atoms with Gasteiger partial charge in [0.15, 0.2) is 6.23 Å². The molecule has 11 nitrogen and oxygen atoms in total. The lowest BCUT2D eigenvalue weighted by atomic mass is 10.1. The van der Waals surface area contributed by atoms with Crippen LogP contribution < -0.4 is 10.6 Å². The number of sulfone groups is 1. The molecule has 16 heteroatoms. The van der Waals surface area contributed by atoms with Gasteiger partial charge in [-0.05, 0) is 6.07 Å². The molecule has 2 aliphatic rings. The standard InChI is InChI=1S/C20H30F3N3O8SSi/c1-18(2,3)36(19(4,5)6)32-9-11-15(34-36)14(28)16(33-11)26(12-7-8-24-17(29)25-12)13(27)10-35(30,31)20(21,22)23/h7-8,11,14-16,28H,9-10H2,1-6H3,(H,24,25,29)/t11-,14+,15-,16-/m1/s1. The van der Waals surface area contributed by atoms with Crippen molar-refractivity contribution in [2.45, 2.75) is 81.7 Å². The summed E-state index contributed by atoms with van der Waals surface area (Å²) in [5, 5.41) is 10.2. The Hall–Kier alpha value is -1.85. The summed E-state index contributed by atoms with van der Waals surface area (Å²) in [7, 11) is -9.00. The van der Waals surface area contributed by atoms with Gasteiger partial charge in [0.2, 0.25) is 5.91 Å². The van der Waals surface area contributed by atoms with Gasteiger partial charge in [0, 0.05) is 16.3 Å². The maximum absolute atomic E-state index is 13.0. The van der Waals surface area contributed by atoms with E-state index in [4.69, 9.17) is 13.6 Å². The number of fused-ring (bicyclic) bond motifs is 1. The predicted octanol–water partition coefficient (Wildman–Crippen LogP) is 1.58. The highest BCUT2D eigenvalue weighted by Gasteiger charge is 2.65. The first kappa shape index (κ1) is 28.7. The summed E-state index contributed by atoms with van der Waals surface area (Å²) < 4.78 is 80.9. The molecule has 3 heterocycles. The van der Waals surface area contributed by atoms with Crippen LogP contribution in [0, 0.1) is 0 Å². The number of anilines is 1. The molecule has 4 atom stereocenters. The Bertz CT molecular complexity index is 1150. The van der Waals surface area contributed by atoms with E-state index in [0.717, 1.165) is 12.3 Å². The van der Waals surface area contributed by atoms with Crippen LogP contribution in [0.25, 0.3) is 0 Å². The highest BCUT2D eigenvalue weighted by Crippen LogP contribution is 2.55. The van der Waals surface area contributed by atoms with Crippen LogP contribution in [0.3, 0.4) is 0 Å². The topological polar surface area (TPSA) is 148 Å². The molecule has 0 aromatic carbocycles. The number of halogens is 3. The Morgan fingerprint density at radius 1 is 1.22 bits per heavy atom. The molecule has 204 valence electrons. The van der Waals surface area contributed by atoms with E-state index in [0.29, 0.717) is 4.90 Å². The lowest BCUT2D eigenvalue weighted by Gasteiger charge is -2.53. The first-order valence-corrected chi connectivity index (χ1v) is 14.5. The maximum Gasteiger partial charge on any atom is 0.497 e. The molecule has 2 N–H and O–H groups in total. The molecule has 2 fully saturated rings. The molecule has 1 aromatic heterocycles. The Kier molecular flexibility index (Phi) is 7.31. The zero-order chi connectivity index (χ0) is 27.5. The maximum atomic E-state index is 13.0. The quantitative estimate of drug-likeness (QED) is 0.527. The minimum absolute atomic E-state index is 0.0370. The number of nitrogens with one attached hydrogen (secondary N) is 1. The summed E-state index contributed by atoms with van der Waals surface area (Å²) in [6, 6.07) is 1.07. The minimum Gasteiger partial charge on any atom is -0.391 e. The van der Waals surface area contributed by atoms with E-state index >= 15 is 0 Å². The molecule has 36 heavy (non-hydrogen) atoms. The van der Waals surface area contributed by atoms with E-state index in [2.05, 4.69) is 9.97 Å². The fraction of sp³-hybridized carbons (Fsp3) is 0.750. The molecule has 1 amide bonds. The smallest absolute Gasteiger partial charge is 0.391 e. The Labute approximate surface area is 207 Å². The van der Waals surface area contributed by atoms with E-state index in [1.165, 1.54) is 0 Å². The molecule has 0 saturated carbocycles. The van der Waals surface area contributed by atoms with E-state index in [-0.39, 0.29) is 6.61 Å². The summed E-state index contributed by atoms with van der Waals surface area (Å²) in [5.74, 6) is -4.07. The third-order valence-electron chi connectivity index (χ3n) is 6.13. The van der Waals surface area contributed by atoms with Gasteiger partial charge in [-0.2, -0.15) is 18.2 Å². The lowest BCUT2D eigenvalue weighted by molar-refractivity contribution is -0.121. The number of hydrogen-bond acceptors (Lipinski definition) is 9. The van der Waals surface area contributed by atoms with Crippen LogP contribution in [0.4, 0.5) is 19.0 Å². The van der Waals surface area contributed by atoms with Gasteiger partial charge in [0.25, 0.3) is 9.84 Å². The van der Waals surface area contributed by atoms with E-state index in [1.807, 2.05) is 41.5 Å². The zero-order valence-corrected chi connectivity index (χ0v) is 22.4. The van der Waals surface area contributed by atoms with Crippen LogP contribution in [0.15, 0.2) is 17.1 Å². The van der Waals surface area contributed by atoms with Crippen molar-refractivity contribution in [3.63, 3.8) is 0 Å². The van der Waals surface area contributed by atoms with Crippen molar-refractivity contribution >= 4 is 30.1 Å². The third-order valence-corrected chi connectivity index (χ3v) is 12.6. The van der Waals surface area contributed by atoms with Crippen LogP contribution in [0.2, 0.25) is 10.1 Å². The fourth-order valence-corrected chi connectivity index (χ4v) is 10.4. The highest BCUT2D eigenvalue weighted by molar-refractivity contribution is 7.92. The third kappa shape index (κ3) is 4.98. The van der Waals surface area contributed by atoms with E-state index < -0.39 is 81.7 Å². The van der Waals surface area contributed by atoms with E-state index in [1.54, 1.807) is 0 Å². The number of carbonyl (C=O) groups excluding carboxylic acids is 1. The zero-order valence-electron chi connectivity index (χ0n) is 20.6. The van der Waals surface area contributed by atoms with Gasteiger partial charge < -0.3 is 23.7 Å². The normalized spacial score (nSPS) is 26.9. The number of H-pyrrole nitrogens is 1. The molecule has 3 rings (SSSR count). The van der Waals surface area contributed by atoms with Gasteiger partial charge in [-0.3, -0.25) is 9.69 Å². The predicted molar refractivity (Wildman–Crippen MR) is 123 cm³/mol. The van der Waals surface area contributed by atoms with Crippen LogP contribution in [0.5, 0.6) is 0 Å². The number of carbonyl (C=O) groups is 1. The van der Waals surface area contributed by atoms with Crippen molar-refractivity contribution in [3.8, 4) is 0 Å². The van der Waals surface area contributed by atoms with Crippen molar-refractivity contribution in [1.29, 1.82) is 0 Å². The Balaban J connectivity index is 2.02. The summed E-state index contributed by atoms with van der Waals surface area (Å²) in [6.45, 7) is 11.6. The van der Waals surface area contributed by atoms with Crippen molar-refractivity contribution in [3.05, 3.63) is 22.7 Å². The molecule has 0 aliphatic carbocycles. The average Bonchev–Trinajstić information content (AvgIpc) is 3.01. The van der Waals surface area contributed by atoms with Crippen molar-refractivity contribution < 1.29 is 45.1 Å². The molecule has 0 spiro atoms. The molecule has 0 bridgehead atoms. The average molecular weight is 558 g/mol. The number of alkyl halides is 3. The second kappa shape index (κ2) is 9.16. The molecule has 0 unspecified atom stereocenters. The van der Waals surface area contributed by atoms with Crippen molar-refractivity contribution in [1.82, 2.24) is 9.97 Å². The number of aliphatic hydroxyl groups is 1. The molecule has 1 aromatic rings. The number of hydrogen-bond donors (Lipinski definition) is 2. The first-order chi connectivity index (χ1) is 16.2. The molecule has 2 saturated heterocycles. The SMILES string of the molecule is CC(C)(C)[Si]1(C(C)(C)C)OC[C@H]2O[C@@H](N(C(=O)CS(=O)(=O)C(F)(F)F)c3cc[nH]c(=O)n3)[C@@H](O)[C@@H]2O1. The van der Waals surface area contributed by atoms with Crippen molar-refractivity contribution in [2.24, 2.45) is 0 Å². The van der Waals surface area contributed by atoms with Gasteiger partial charge in [-0.15, -0.1) is 0 Å². The minimum atomic E-state index is -5.88. The fourth-order valence-electron chi connectivity index (χ4n) is 4.76. The lowest BCUT2D eigenvalue weighted by Crippen LogP contribution is -2.65. The number of aliphatic hydroxyl groups excluding tert-OH is 1. The summed E-state index contributed by atoms with van der Waals surface area (Å²) in [6.07, 6.45) is -4.21. The molecule has 0 radical (unpaired) electrons. The summed E-state index contributed by atoms with van der Waals surface area (Å²) in [5.41, 5.74) is -6.65. The number of aromatic amines is 1. The Morgan fingerprint density at radius 2 is 1.81 bits per heavy atom. The van der Waals surface area contributed by atoms with Crippen LogP contribution >= 0.6 is 0 Å². The van der Waals surface area contributed by atoms with Crippen LogP contribution in [0.1, 0.15) is 41.5 Å². The largest absolute Gasteiger partial charge is 0.497 e. The van der Waals surface area contributed by atoms with Gasteiger partial charge in [0.05, 0.1) is 6.61 Å². The monoisotopic (exact) mass is 557 g/mol. The molecule has 2 aliphatic heterocycles. The highest BCUT2D eigenvalue weighted by atomic mass is 32.2. The number of aromatic nitrogens is 2. The van der Waals surface area contributed by atoms with Gasteiger partial charge in [0.1, 0.15) is 29.9 Å². The van der Waals surface area contributed by atoms with Crippen LogP contribution in [-0.4, -0.2) is 80.4 Å². The second-order valence-corrected chi connectivity index (χ2v) is 17.5. The van der Waals surface area contributed by atoms with Gasteiger partial charge in [-0.1, -0.05) is 41.5 Å². The number of ether oxygens (including phenoxy) is 1.